The summed E-state index contributed by atoms with van der Waals surface area (Å²) in [5.74, 6) is 0.0549. The summed E-state index contributed by atoms with van der Waals surface area (Å²) in [7, 11) is 1.53. The van der Waals surface area contributed by atoms with Crippen LogP contribution in [0.1, 0.15) is 10.5 Å². The van der Waals surface area contributed by atoms with Crippen molar-refractivity contribution in [3.63, 3.8) is 0 Å². The van der Waals surface area contributed by atoms with Crippen molar-refractivity contribution in [3.8, 4) is 5.75 Å². The van der Waals surface area contributed by atoms with Crippen LogP contribution in [-0.4, -0.2) is 23.0 Å². The van der Waals surface area contributed by atoms with Gasteiger partial charge in [0.05, 0.1) is 12.8 Å². The number of nitrogens with zero attached hydrogens (tertiary/aromatic N) is 2. The van der Waals surface area contributed by atoms with Gasteiger partial charge in [-0.2, -0.15) is 0 Å². The molecule has 0 aliphatic rings. The Kier molecular flexibility index (Phi) is 4.84. The highest BCUT2D eigenvalue weighted by Crippen LogP contribution is 2.23. The molecule has 0 atom stereocenters. The maximum atomic E-state index is 12.9. The van der Waals surface area contributed by atoms with Gasteiger partial charge in [0, 0.05) is 11.9 Å². The third-order valence-corrected chi connectivity index (χ3v) is 3.34. The largest absolute Gasteiger partial charge is 0.495 e. The molecule has 7 heteroatoms. The lowest BCUT2D eigenvalue weighted by Gasteiger charge is -2.10. The third kappa shape index (κ3) is 4.08. The van der Waals surface area contributed by atoms with Gasteiger partial charge in [0.25, 0.3) is 5.91 Å². The fourth-order valence-electron chi connectivity index (χ4n) is 2.14. The average molecular weight is 338 g/mol. The second kappa shape index (κ2) is 7.39. The van der Waals surface area contributed by atoms with Gasteiger partial charge in [-0.05, 0) is 42.5 Å². The van der Waals surface area contributed by atoms with E-state index in [9.17, 15) is 9.18 Å². The van der Waals surface area contributed by atoms with E-state index in [-0.39, 0.29) is 17.5 Å². The van der Waals surface area contributed by atoms with Crippen LogP contribution in [0.3, 0.4) is 0 Å². The molecule has 126 valence electrons. The fourth-order valence-corrected chi connectivity index (χ4v) is 2.14. The molecule has 3 rings (SSSR count). The number of halogens is 1. The number of hydrogen-bond donors (Lipinski definition) is 2. The number of methoxy groups -OCH3 is 1. The van der Waals surface area contributed by atoms with Crippen LogP contribution in [-0.2, 0) is 0 Å². The van der Waals surface area contributed by atoms with Gasteiger partial charge in [0.1, 0.15) is 17.3 Å². The van der Waals surface area contributed by atoms with Crippen LogP contribution in [0.4, 0.5) is 21.7 Å². The maximum absolute atomic E-state index is 12.9. The number of para-hydroxylation sites is 2. The molecule has 0 spiro atoms. The number of nitrogens with one attached hydrogen (secondary N) is 2. The Morgan fingerprint density at radius 1 is 1.08 bits per heavy atom. The number of carbonyl (C=O) groups is 1. The Hall–Kier alpha value is -3.48. The molecule has 6 nitrogen and oxygen atoms in total. The zero-order valence-electron chi connectivity index (χ0n) is 13.4. The first-order valence-electron chi connectivity index (χ1n) is 7.46. The van der Waals surface area contributed by atoms with E-state index < -0.39 is 5.91 Å². The molecule has 1 aromatic heterocycles. The molecule has 2 N–H and O–H groups in total. The van der Waals surface area contributed by atoms with Crippen molar-refractivity contribution in [2.45, 2.75) is 0 Å². The van der Waals surface area contributed by atoms with Crippen LogP contribution >= 0.6 is 0 Å². The Morgan fingerprint density at radius 3 is 2.60 bits per heavy atom. The van der Waals surface area contributed by atoms with Crippen molar-refractivity contribution < 1.29 is 13.9 Å². The van der Waals surface area contributed by atoms with E-state index in [2.05, 4.69) is 20.6 Å². The summed E-state index contributed by atoms with van der Waals surface area (Å²) in [6.45, 7) is 0. The van der Waals surface area contributed by atoms with Crippen molar-refractivity contribution in [1.82, 2.24) is 9.97 Å². The molecule has 0 bridgehead atoms. The Labute approximate surface area is 143 Å². The monoisotopic (exact) mass is 338 g/mol. The quantitative estimate of drug-likeness (QED) is 0.743. The highest BCUT2D eigenvalue weighted by Gasteiger charge is 2.12. The van der Waals surface area contributed by atoms with E-state index in [1.54, 1.807) is 30.3 Å². The number of aromatic nitrogens is 2. The highest BCUT2D eigenvalue weighted by atomic mass is 19.1. The maximum Gasteiger partial charge on any atom is 0.274 e. The van der Waals surface area contributed by atoms with Gasteiger partial charge in [0.15, 0.2) is 0 Å². The molecule has 0 saturated carbocycles. The summed E-state index contributed by atoms with van der Waals surface area (Å²) in [5.41, 5.74) is 1.34. The van der Waals surface area contributed by atoms with Crippen LogP contribution < -0.4 is 15.4 Å². The van der Waals surface area contributed by atoms with Crippen LogP contribution in [0.25, 0.3) is 0 Å². The lowest BCUT2D eigenvalue weighted by molar-refractivity contribution is 0.102. The standard InChI is InChI=1S/C18H15FN4O2/c1-25-16-5-3-2-4-14(16)22-17(24)15-10-11-20-18(23-15)21-13-8-6-12(19)7-9-13/h2-11H,1H3,(H,22,24)(H,20,21,23). The summed E-state index contributed by atoms with van der Waals surface area (Å²) in [5, 5.41) is 5.66. The number of benzene rings is 2. The molecule has 2 aromatic carbocycles. The van der Waals surface area contributed by atoms with E-state index >= 15 is 0 Å². The molecule has 0 saturated heterocycles. The third-order valence-electron chi connectivity index (χ3n) is 3.34. The molecule has 0 aliphatic carbocycles. The van der Waals surface area contributed by atoms with Crippen molar-refractivity contribution >= 4 is 23.2 Å². The molecule has 25 heavy (non-hydrogen) atoms. The SMILES string of the molecule is COc1ccccc1NC(=O)c1ccnc(Nc2ccc(F)cc2)n1. The number of hydrogen-bond acceptors (Lipinski definition) is 5. The van der Waals surface area contributed by atoms with Crippen LogP contribution in [0, 0.1) is 5.82 Å². The first kappa shape index (κ1) is 16.4. The first-order chi connectivity index (χ1) is 12.2. The summed E-state index contributed by atoms with van der Waals surface area (Å²) in [4.78, 5) is 20.6. The minimum Gasteiger partial charge on any atom is -0.495 e. The molecule has 1 amide bonds. The van der Waals surface area contributed by atoms with E-state index in [0.29, 0.717) is 17.1 Å². The Bertz CT molecular complexity index is 884. The lowest BCUT2D eigenvalue weighted by atomic mass is 10.2. The van der Waals surface area contributed by atoms with Crippen molar-refractivity contribution in [2.24, 2.45) is 0 Å². The average Bonchev–Trinajstić information content (AvgIpc) is 2.64. The number of carbonyl (C=O) groups excluding carboxylic acids is 1. The predicted octanol–water partition coefficient (Wildman–Crippen LogP) is 3.62. The van der Waals surface area contributed by atoms with Crippen LogP contribution in [0.15, 0.2) is 60.8 Å². The minimum atomic E-state index is -0.394. The van der Waals surface area contributed by atoms with Crippen LogP contribution in [0.2, 0.25) is 0 Å². The summed E-state index contributed by atoms with van der Waals surface area (Å²) in [6.07, 6.45) is 1.47. The van der Waals surface area contributed by atoms with Gasteiger partial charge in [0.2, 0.25) is 5.95 Å². The Balaban J connectivity index is 1.76. The molecule has 3 aromatic rings. The van der Waals surface area contributed by atoms with Gasteiger partial charge in [-0.15, -0.1) is 0 Å². The smallest absolute Gasteiger partial charge is 0.274 e. The van der Waals surface area contributed by atoms with Gasteiger partial charge in [-0.3, -0.25) is 4.79 Å². The molecule has 0 unspecified atom stereocenters. The number of rotatable bonds is 5. The number of amides is 1. The summed E-state index contributed by atoms with van der Waals surface area (Å²) >= 11 is 0. The van der Waals surface area contributed by atoms with Crippen LogP contribution in [0.5, 0.6) is 5.75 Å². The number of ether oxygens (including phenoxy) is 1. The molecular formula is C18H15FN4O2. The molecular weight excluding hydrogens is 323 g/mol. The molecule has 0 aliphatic heterocycles. The second-order valence-corrected chi connectivity index (χ2v) is 5.05. The predicted molar refractivity (Wildman–Crippen MR) is 92.7 cm³/mol. The van der Waals surface area contributed by atoms with E-state index in [1.165, 1.54) is 31.5 Å². The van der Waals surface area contributed by atoms with Crippen molar-refractivity contribution in [2.75, 3.05) is 17.7 Å². The zero-order valence-corrected chi connectivity index (χ0v) is 13.4. The lowest BCUT2D eigenvalue weighted by Crippen LogP contribution is -2.15. The second-order valence-electron chi connectivity index (χ2n) is 5.05. The fraction of sp³-hybridized carbons (Fsp3) is 0.0556. The van der Waals surface area contributed by atoms with Gasteiger partial charge in [-0.25, -0.2) is 14.4 Å². The summed E-state index contributed by atoms with van der Waals surface area (Å²) in [6, 6.07) is 14.3. The molecule has 0 radical (unpaired) electrons. The van der Waals surface area contributed by atoms with Crippen molar-refractivity contribution in [1.29, 1.82) is 0 Å². The normalized spacial score (nSPS) is 10.2. The highest BCUT2D eigenvalue weighted by molar-refractivity contribution is 6.03. The zero-order chi connectivity index (χ0) is 17.6. The molecule has 1 heterocycles. The van der Waals surface area contributed by atoms with Gasteiger partial charge < -0.3 is 15.4 Å². The van der Waals surface area contributed by atoms with E-state index in [1.807, 2.05) is 6.07 Å². The van der Waals surface area contributed by atoms with E-state index in [4.69, 9.17) is 4.74 Å². The van der Waals surface area contributed by atoms with Gasteiger partial charge in [-0.1, -0.05) is 12.1 Å². The molecule has 0 fully saturated rings. The first-order valence-corrected chi connectivity index (χ1v) is 7.46. The van der Waals surface area contributed by atoms with Crippen molar-refractivity contribution in [3.05, 3.63) is 72.3 Å². The Morgan fingerprint density at radius 2 is 1.84 bits per heavy atom. The number of anilines is 3. The van der Waals surface area contributed by atoms with E-state index in [0.717, 1.165) is 0 Å². The van der Waals surface area contributed by atoms with Gasteiger partial charge >= 0.3 is 0 Å². The minimum absolute atomic E-state index is 0.186. The summed E-state index contributed by atoms with van der Waals surface area (Å²) < 4.78 is 18.1. The topological polar surface area (TPSA) is 76.1 Å².